The standard InChI is InChI=1S/C21H26N2O4/c1-5-15-6-8-16(9-7-15)14-23(2)20(24)13-22-21(25)17-10-11-18(26-3)19(12-17)27-4/h6-12H,5,13-14H2,1-4H3,(H,22,25). The molecule has 0 aromatic heterocycles. The van der Waals surface area contributed by atoms with E-state index < -0.39 is 0 Å². The number of likely N-dealkylation sites (N-methyl/N-ethyl adjacent to an activating group) is 1. The number of aryl methyl sites for hydroxylation is 1. The topological polar surface area (TPSA) is 67.9 Å². The lowest BCUT2D eigenvalue weighted by molar-refractivity contribution is -0.129. The molecule has 0 spiro atoms. The Morgan fingerprint density at radius 2 is 1.59 bits per heavy atom. The molecular formula is C21H26N2O4. The predicted molar refractivity (Wildman–Crippen MR) is 104 cm³/mol. The Morgan fingerprint density at radius 3 is 2.19 bits per heavy atom. The van der Waals surface area contributed by atoms with E-state index in [1.807, 2.05) is 12.1 Å². The van der Waals surface area contributed by atoms with Gasteiger partial charge >= 0.3 is 0 Å². The van der Waals surface area contributed by atoms with E-state index in [9.17, 15) is 9.59 Å². The minimum atomic E-state index is -0.343. The molecule has 6 nitrogen and oxygen atoms in total. The summed E-state index contributed by atoms with van der Waals surface area (Å²) < 4.78 is 10.3. The maximum Gasteiger partial charge on any atom is 0.251 e. The summed E-state index contributed by atoms with van der Waals surface area (Å²) >= 11 is 0. The van der Waals surface area contributed by atoms with Crippen LogP contribution in [0.2, 0.25) is 0 Å². The van der Waals surface area contributed by atoms with E-state index in [1.54, 1.807) is 30.1 Å². The van der Waals surface area contributed by atoms with Gasteiger partial charge in [0.25, 0.3) is 5.91 Å². The number of nitrogens with one attached hydrogen (secondary N) is 1. The summed E-state index contributed by atoms with van der Waals surface area (Å²) in [6.45, 7) is 2.53. The molecule has 2 rings (SSSR count). The third-order valence-electron chi connectivity index (χ3n) is 4.32. The van der Waals surface area contributed by atoms with Crippen LogP contribution in [0, 0.1) is 0 Å². The highest BCUT2D eigenvalue weighted by Crippen LogP contribution is 2.27. The zero-order valence-corrected chi connectivity index (χ0v) is 16.2. The first-order valence-electron chi connectivity index (χ1n) is 8.80. The number of carbonyl (C=O) groups excluding carboxylic acids is 2. The van der Waals surface area contributed by atoms with E-state index in [0.717, 1.165) is 12.0 Å². The van der Waals surface area contributed by atoms with Crippen molar-refractivity contribution in [2.45, 2.75) is 19.9 Å². The van der Waals surface area contributed by atoms with Crippen LogP contribution in [0.1, 0.15) is 28.4 Å². The van der Waals surface area contributed by atoms with Gasteiger partial charge in [0.05, 0.1) is 20.8 Å². The average Bonchev–Trinajstić information content (AvgIpc) is 2.71. The highest BCUT2D eigenvalue weighted by Gasteiger charge is 2.14. The highest BCUT2D eigenvalue weighted by atomic mass is 16.5. The van der Waals surface area contributed by atoms with Crippen LogP contribution >= 0.6 is 0 Å². The predicted octanol–water partition coefficient (Wildman–Crippen LogP) is 2.65. The van der Waals surface area contributed by atoms with Crippen molar-refractivity contribution in [3.05, 3.63) is 59.2 Å². The molecule has 27 heavy (non-hydrogen) atoms. The van der Waals surface area contributed by atoms with Crippen LogP contribution < -0.4 is 14.8 Å². The van der Waals surface area contributed by atoms with Gasteiger partial charge in [-0.3, -0.25) is 9.59 Å². The molecule has 0 saturated heterocycles. The number of benzene rings is 2. The zero-order valence-electron chi connectivity index (χ0n) is 16.2. The van der Waals surface area contributed by atoms with E-state index in [4.69, 9.17) is 9.47 Å². The lowest BCUT2D eigenvalue weighted by atomic mass is 10.1. The highest BCUT2D eigenvalue weighted by molar-refractivity contribution is 5.97. The normalized spacial score (nSPS) is 10.2. The molecule has 6 heteroatoms. The van der Waals surface area contributed by atoms with Gasteiger partial charge in [0.2, 0.25) is 5.91 Å². The quantitative estimate of drug-likeness (QED) is 0.776. The van der Waals surface area contributed by atoms with Crippen LogP contribution in [0.5, 0.6) is 11.5 Å². The first-order chi connectivity index (χ1) is 13.0. The first kappa shape index (κ1) is 20.3. The number of methoxy groups -OCH3 is 2. The summed E-state index contributed by atoms with van der Waals surface area (Å²) in [4.78, 5) is 26.2. The van der Waals surface area contributed by atoms with Gasteiger partial charge in [0.15, 0.2) is 11.5 Å². The average molecular weight is 370 g/mol. The first-order valence-corrected chi connectivity index (χ1v) is 8.80. The molecule has 0 radical (unpaired) electrons. The second-order valence-electron chi connectivity index (χ2n) is 6.17. The zero-order chi connectivity index (χ0) is 19.8. The number of amides is 2. The lowest BCUT2D eigenvalue weighted by Gasteiger charge is -2.18. The number of hydrogen-bond acceptors (Lipinski definition) is 4. The SMILES string of the molecule is CCc1ccc(CN(C)C(=O)CNC(=O)c2ccc(OC)c(OC)c2)cc1. The third-order valence-corrected chi connectivity index (χ3v) is 4.32. The van der Waals surface area contributed by atoms with Crippen molar-refractivity contribution in [1.82, 2.24) is 10.2 Å². The van der Waals surface area contributed by atoms with Crippen LogP contribution in [0.15, 0.2) is 42.5 Å². The monoisotopic (exact) mass is 370 g/mol. The van der Waals surface area contributed by atoms with Crippen LogP contribution in [0.25, 0.3) is 0 Å². The molecule has 2 aromatic carbocycles. The molecule has 0 saturated carbocycles. The molecule has 0 fully saturated rings. The fraction of sp³-hybridized carbons (Fsp3) is 0.333. The Morgan fingerprint density at radius 1 is 0.963 bits per heavy atom. The van der Waals surface area contributed by atoms with Gasteiger partial charge in [-0.2, -0.15) is 0 Å². The Hall–Kier alpha value is -3.02. The van der Waals surface area contributed by atoms with Crippen molar-refractivity contribution < 1.29 is 19.1 Å². The molecule has 0 aliphatic heterocycles. The minimum absolute atomic E-state index is 0.0727. The van der Waals surface area contributed by atoms with E-state index in [1.165, 1.54) is 19.8 Å². The van der Waals surface area contributed by atoms with Crippen LogP contribution in [0.4, 0.5) is 0 Å². The summed E-state index contributed by atoms with van der Waals surface area (Å²) in [6, 6.07) is 13.0. The Labute approximate surface area is 160 Å². The van der Waals surface area contributed by atoms with Crippen LogP contribution in [-0.2, 0) is 17.8 Å². The third kappa shape index (κ3) is 5.48. The lowest BCUT2D eigenvalue weighted by Crippen LogP contribution is -2.37. The van der Waals surface area contributed by atoms with Gasteiger partial charge in [-0.15, -0.1) is 0 Å². The van der Waals surface area contributed by atoms with Crippen molar-refractivity contribution in [1.29, 1.82) is 0 Å². The number of rotatable bonds is 8. The minimum Gasteiger partial charge on any atom is -0.493 e. The molecule has 0 aliphatic rings. The summed E-state index contributed by atoms with van der Waals surface area (Å²) in [5.41, 5.74) is 2.71. The number of carbonyl (C=O) groups is 2. The van der Waals surface area contributed by atoms with Crippen LogP contribution in [0.3, 0.4) is 0 Å². The van der Waals surface area contributed by atoms with Crippen molar-refractivity contribution >= 4 is 11.8 Å². The smallest absolute Gasteiger partial charge is 0.251 e. The summed E-state index contributed by atoms with van der Waals surface area (Å²) in [5.74, 6) is 0.497. The molecule has 0 bridgehead atoms. The summed E-state index contributed by atoms with van der Waals surface area (Å²) in [5, 5.41) is 2.65. The van der Waals surface area contributed by atoms with Crippen molar-refractivity contribution in [2.75, 3.05) is 27.8 Å². The van der Waals surface area contributed by atoms with Gasteiger partial charge in [0.1, 0.15) is 0 Å². The van der Waals surface area contributed by atoms with Gasteiger partial charge in [-0.25, -0.2) is 0 Å². The van der Waals surface area contributed by atoms with E-state index in [-0.39, 0.29) is 18.4 Å². The summed E-state index contributed by atoms with van der Waals surface area (Å²) in [7, 11) is 4.76. The van der Waals surface area contributed by atoms with E-state index >= 15 is 0 Å². The van der Waals surface area contributed by atoms with Gasteiger partial charge in [-0.05, 0) is 35.7 Å². The van der Waals surface area contributed by atoms with Gasteiger partial charge < -0.3 is 19.7 Å². The maximum absolute atomic E-state index is 12.3. The Balaban J connectivity index is 1.90. The number of nitrogens with zero attached hydrogens (tertiary/aromatic N) is 1. The Kier molecular flexibility index (Phi) is 7.23. The molecule has 0 heterocycles. The molecule has 0 aliphatic carbocycles. The molecular weight excluding hydrogens is 344 g/mol. The largest absolute Gasteiger partial charge is 0.493 e. The molecule has 0 atom stereocenters. The molecule has 144 valence electrons. The van der Waals surface area contributed by atoms with Crippen LogP contribution in [-0.4, -0.2) is 44.5 Å². The van der Waals surface area contributed by atoms with E-state index in [0.29, 0.717) is 23.6 Å². The molecule has 2 aromatic rings. The van der Waals surface area contributed by atoms with Crippen molar-refractivity contribution in [3.8, 4) is 11.5 Å². The number of ether oxygens (including phenoxy) is 2. The maximum atomic E-state index is 12.3. The Bertz CT molecular complexity index is 787. The van der Waals surface area contributed by atoms with Crippen molar-refractivity contribution in [2.24, 2.45) is 0 Å². The second kappa shape index (κ2) is 9.62. The summed E-state index contributed by atoms with van der Waals surface area (Å²) in [6.07, 6.45) is 0.983. The fourth-order valence-corrected chi connectivity index (χ4v) is 2.61. The van der Waals surface area contributed by atoms with Crippen molar-refractivity contribution in [3.63, 3.8) is 0 Å². The molecule has 2 amide bonds. The molecule has 1 N–H and O–H groups in total. The fourth-order valence-electron chi connectivity index (χ4n) is 2.61. The van der Waals surface area contributed by atoms with Gasteiger partial charge in [-0.1, -0.05) is 31.2 Å². The second-order valence-corrected chi connectivity index (χ2v) is 6.17. The number of hydrogen-bond donors (Lipinski definition) is 1. The molecule has 0 unspecified atom stereocenters. The van der Waals surface area contributed by atoms with Gasteiger partial charge in [0, 0.05) is 19.2 Å². The van der Waals surface area contributed by atoms with E-state index in [2.05, 4.69) is 24.4 Å².